The lowest BCUT2D eigenvalue weighted by Crippen LogP contribution is -2.27. The summed E-state index contributed by atoms with van der Waals surface area (Å²) < 4.78 is 2.11. The van der Waals surface area contributed by atoms with Crippen LogP contribution in [0.2, 0.25) is 0 Å². The highest BCUT2D eigenvalue weighted by molar-refractivity contribution is 7.16. The lowest BCUT2D eigenvalue weighted by molar-refractivity contribution is 0.630. The summed E-state index contributed by atoms with van der Waals surface area (Å²) in [5.74, 6) is 7.68. The molecule has 0 atom stereocenters. The fourth-order valence-corrected chi connectivity index (χ4v) is 4.01. The quantitative estimate of drug-likeness (QED) is 0.520. The number of aromatic nitrogens is 4. The summed E-state index contributed by atoms with van der Waals surface area (Å²) in [7, 11) is 0. The largest absolute Gasteiger partial charge is 0.365 e. The van der Waals surface area contributed by atoms with Crippen LogP contribution in [-0.4, -0.2) is 24.9 Å². The van der Waals surface area contributed by atoms with Crippen LogP contribution in [0.15, 0.2) is 42.2 Å². The molecule has 0 aliphatic rings. The van der Waals surface area contributed by atoms with Gasteiger partial charge in [-0.1, -0.05) is 0 Å². The highest BCUT2D eigenvalue weighted by Gasteiger charge is 2.20. The van der Waals surface area contributed by atoms with E-state index in [4.69, 9.17) is 4.98 Å². The molecule has 0 bridgehead atoms. The van der Waals surface area contributed by atoms with Gasteiger partial charge in [-0.25, -0.2) is 15.0 Å². The van der Waals surface area contributed by atoms with Crippen LogP contribution >= 0.6 is 22.7 Å². The molecule has 26 heavy (non-hydrogen) atoms. The zero-order chi connectivity index (χ0) is 18.1. The lowest BCUT2D eigenvalue weighted by atomic mass is 10.1. The van der Waals surface area contributed by atoms with Crippen molar-refractivity contribution in [2.45, 2.75) is 26.3 Å². The van der Waals surface area contributed by atoms with Gasteiger partial charge < -0.3 is 5.32 Å². The highest BCUT2D eigenvalue weighted by Crippen LogP contribution is 2.36. The third-order valence-corrected chi connectivity index (χ3v) is 5.22. The van der Waals surface area contributed by atoms with Crippen LogP contribution in [-0.2, 0) is 0 Å². The Morgan fingerprint density at radius 2 is 1.92 bits per heavy atom. The lowest BCUT2D eigenvalue weighted by Gasteiger charge is -2.22. The molecular weight excluding hydrogens is 362 g/mol. The first-order valence-corrected chi connectivity index (χ1v) is 9.82. The van der Waals surface area contributed by atoms with E-state index in [0.29, 0.717) is 5.82 Å². The minimum Gasteiger partial charge on any atom is -0.365 e. The second kappa shape index (κ2) is 6.56. The Morgan fingerprint density at radius 3 is 2.69 bits per heavy atom. The van der Waals surface area contributed by atoms with Gasteiger partial charge in [0.2, 0.25) is 5.82 Å². The standard InChI is InChI=1S/C19H17N5S2/c1-19(2,3)23-17-16(22-18-24(17)11-12-25-18)14-7-5-13(26-14)6-8-15-20-9-4-10-21-15/h4-5,7,9-12,23H,1-3H3. The van der Waals surface area contributed by atoms with Crippen molar-refractivity contribution in [2.24, 2.45) is 0 Å². The van der Waals surface area contributed by atoms with E-state index in [0.717, 1.165) is 26.2 Å². The van der Waals surface area contributed by atoms with Crippen molar-refractivity contribution in [1.82, 2.24) is 19.4 Å². The van der Waals surface area contributed by atoms with Gasteiger partial charge in [0.25, 0.3) is 0 Å². The molecule has 130 valence electrons. The van der Waals surface area contributed by atoms with E-state index < -0.39 is 0 Å². The minimum atomic E-state index is -0.0583. The predicted molar refractivity (Wildman–Crippen MR) is 108 cm³/mol. The molecule has 0 saturated carbocycles. The molecule has 0 aliphatic carbocycles. The number of nitrogens with one attached hydrogen (secondary N) is 1. The summed E-state index contributed by atoms with van der Waals surface area (Å²) in [6.45, 7) is 6.44. The summed E-state index contributed by atoms with van der Waals surface area (Å²) in [4.78, 5) is 16.1. The summed E-state index contributed by atoms with van der Waals surface area (Å²) in [6.07, 6.45) is 5.43. The molecule has 0 unspecified atom stereocenters. The molecule has 4 aromatic rings. The van der Waals surface area contributed by atoms with Crippen molar-refractivity contribution in [3.8, 4) is 22.4 Å². The first-order chi connectivity index (χ1) is 12.5. The van der Waals surface area contributed by atoms with Crippen LogP contribution < -0.4 is 5.32 Å². The summed E-state index contributed by atoms with van der Waals surface area (Å²) in [5.41, 5.74) is 0.901. The zero-order valence-electron chi connectivity index (χ0n) is 14.6. The van der Waals surface area contributed by atoms with Crippen LogP contribution in [0, 0.1) is 11.8 Å². The van der Waals surface area contributed by atoms with Gasteiger partial charge in [0, 0.05) is 29.5 Å². The van der Waals surface area contributed by atoms with E-state index in [9.17, 15) is 0 Å². The Kier molecular flexibility index (Phi) is 4.23. The van der Waals surface area contributed by atoms with Gasteiger partial charge in [0.05, 0.1) is 9.75 Å². The summed E-state index contributed by atoms with van der Waals surface area (Å²) >= 11 is 3.25. The SMILES string of the molecule is CC(C)(C)Nc1c(-c2ccc(C#Cc3ncccn3)s2)nc2sccn12. The van der Waals surface area contributed by atoms with Gasteiger partial charge in [-0.3, -0.25) is 4.40 Å². The number of thiazole rings is 1. The highest BCUT2D eigenvalue weighted by atomic mass is 32.1. The Bertz CT molecular complexity index is 1100. The molecule has 0 saturated heterocycles. The van der Waals surface area contributed by atoms with E-state index in [1.54, 1.807) is 41.1 Å². The predicted octanol–water partition coefficient (Wildman–Crippen LogP) is 4.52. The molecule has 0 aliphatic heterocycles. The van der Waals surface area contributed by atoms with Crippen molar-refractivity contribution in [3.05, 3.63) is 52.9 Å². The average molecular weight is 380 g/mol. The maximum Gasteiger partial charge on any atom is 0.205 e. The number of rotatable bonds is 2. The monoisotopic (exact) mass is 379 g/mol. The van der Waals surface area contributed by atoms with E-state index in [2.05, 4.69) is 58.4 Å². The van der Waals surface area contributed by atoms with Crippen LogP contribution in [0.1, 0.15) is 31.5 Å². The van der Waals surface area contributed by atoms with Crippen molar-refractivity contribution in [2.75, 3.05) is 5.32 Å². The molecule has 0 radical (unpaired) electrons. The molecule has 5 nitrogen and oxygen atoms in total. The number of fused-ring (bicyclic) bond motifs is 1. The molecule has 4 rings (SSSR count). The topological polar surface area (TPSA) is 55.1 Å². The fraction of sp³-hybridized carbons (Fsp3) is 0.211. The van der Waals surface area contributed by atoms with E-state index in [1.165, 1.54) is 0 Å². The fourth-order valence-electron chi connectivity index (χ4n) is 2.45. The molecule has 4 heterocycles. The number of imidazole rings is 1. The minimum absolute atomic E-state index is 0.0583. The molecule has 0 amide bonds. The van der Waals surface area contributed by atoms with Crippen LogP contribution in [0.3, 0.4) is 0 Å². The third kappa shape index (κ3) is 3.47. The van der Waals surface area contributed by atoms with E-state index in [1.807, 2.05) is 17.6 Å². The number of hydrogen-bond acceptors (Lipinski definition) is 6. The molecule has 7 heteroatoms. The zero-order valence-corrected chi connectivity index (χ0v) is 16.3. The number of nitrogens with zero attached hydrogens (tertiary/aromatic N) is 4. The van der Waals surface area contributed by atoms with Gasteiger partial charge in [-0.2, -0.15) is 0 Å². The van der Waals surface area contributed by atoms with Gasteiger partial charge in [-0.05, 0) is 50.8 Å². The van der Waals surface area contributed by atoms with E-state index >= 15 is 0 Å². The molecule has 1 N–H and O–H groups in total. The van der Waals surface area contributed by atoms with Crippen molar-refractivity contribution in [1.29, 1.82) is 0 Å². The second-order valence-corrected chi connectivity index (χ2v) is 8.68. The number of anilines is 1. The molecule has 4 aromatic heterocycles. The summed E-state index contributed by atoms with van der Waals surface area (Å²) in [6, 6.07) is 5.87. The van der Waals surface area contributed by atoms with Crippen molar-refractivity contribution >= 4 is 33.5 Å². The van der Waals surface area contributed by atoms with Crippen molar-refractivity contribution in [3.63, 3.8) is 0 Å². The van der Waals surface area contributed by atoms with Gasteiger partial charge in [-0.15, -0.1) is 22.7 Å². The smallest absolute Gasteiger partial charge is 0.205 e. The van der Waals surface area contributed by atoms with Crippen LogP contribution in [0.25, 0.3) is 15.5 Å². The molecular formula is C19H17N5S2. The molecule has 0 aromatic carbocycles. The Balaban J connectivity index is 1.71. The van der Waals surface area contributed by atoms with E-state index in [-0.39, 0.29) is 5.54 Å². The Morgan fingerprint density at radius 1 is 1.12 bits per heavy atom. The van der Waals surface area contributed by atoms with Gasteiger partial charge in [0.15, 0.2) is 4.96 Å². The van der Waals surface area contributed by atoms with Crippen molar-refractivity contribution < 1.29 is 0 Å². The summed E-state index contributed by atoms with van der Waals surface area (Å²) in [5, 5.41) is 5.63. The third-order valence-electron chi connectivity index (χ3n) is 3.46. The Labute approximate surface area is 159 Å². The van der Waals surface area contributed by atoms with Gasteiger partial charge in [0.1, 0.15) is 11.5 Å². The van der Waals surface area contributed by atoms with Crippen LogP contribution in [0.4, 0.5) is 5.82 Å². The van der Waals surface area contributed by atoms with Crippen LogP contribution in [0.5, 0.6) is 0 Å². The number of hydrogen-bond donors (Lipinski definition) is 1. The molecule has 0 fully saturated rings. The first kappa shape index (κ1) is 16.8. The average Bonchev–Trinajstić information content (AvgIpc) is 3.30. The number of thiophene rings is 1. The first-order valence-electron chi connectivity index (χ1n) is 8.12. The normalized spacial score (nSPS) is 11.3. The second-order valence-electron chi connectivity index (χ2n) is 6.73. The molecule has 0 spiro atoms. The Hall–Kier alpha value is -2.69. The van der Waals surface area contributed by atoms with Gasteiger partial charge >= 0.3 is 0 Å². The maximum atomic E-state index is 4.82. The maximum absolute atomic E-state index is 4.82.